The van der Waals surface area contributed by atoms with Crippen LogP contribution in [-0.4, -0.2) is 36.3 Å². The van der Waals surface area contributed by atoms with Crippen LogP contribution in [0.15, 0.2) is 24.3 Å². The van der Waals surface area contributed by atoms with Crippen molar-refractivity contribution in [3.63, 3.8) is 0 Å². The summed E-state index contributed by atoms with van der Waals surface area (Å²) in [5.74, 6) is 0.542. The van der Waals surface area contributed by atoms with Gasteiger partial charge in [-0.15, -0.1) is 0 Å². The highest BCUT2D eigenvalue weighted by Crippen LogP contribution is 2.24. The Morgan fingerprint density at radius 1 is 1.53 bits per heavy atom. The highest BCUT2D eigenvalue weighted by Gasteiger charge is 2.28. The number of aliphatic hydroxyl groups excluding tert-OH is 1. The highest BCUT2D eigenvalue weighted by molar-refractivity contribution is 5.96. The standard InChI is InChI=1S/C14H20N2O3/c1-2-7-19-13-6-4-3-5-11(13)16-14(18)12-8-10(17)9-15-12/h3-6,10,12,15,17H,2,7-9H2,1H3,(H,16,18). The Hall–Kier alpha value is -1.59. The largest absolute Gasteiger partial charge is 0.491 e. The molecule has 1 aliphatic rings. The molecule has 3 N–H and O–H groups in total. The van der Waals surface area contributed by atoms with Crippen LogP contribution in [0.5, 0.6) is 5.75 Å². The van der Waals surface area contributed by atoms with Gasteiger partial charge < -0.3 is 20.5 Å². The maximum absolute atomic E-state index is 12.0. The van der Waals surface area contributed by atoms with Gasteiger partial charge in [-0.3, -0.25) is 4.79 Å². The van der Waals surface area contributed by atoms with Gasteiger partial charge in [0, 0.05) is 6.54 Å². The number of carbonyl (C=O) groups is 1. The van der Waals surface area contributed by atoms with Gasteiger partial charge in [0.05, 0.1) is 24.4 Å². The van der Waals surface area contributed by atoms with Gasteiger partial charge in [0.2, 0.25) is 5.91 Å². The number of nitrogens with one attached hydrogen (secondary N) is 2. The molecular formula is C14H20N2O3. The first-order valence-electron chi connectivity index (χ1n) is 6.65. The SMILES string of the molecule is CCCOc1ccccc1NC(=O)C1CC(O)CN1. The lowest BCUT2D eigenvalue weighted by Crippen LogP contribution is -2.35. The summed E-state index contributed by atoms with van der Waals surface area (Å²) in [6.45, 7) is 3.12. The fourth-order valence-corrected chi connectivity index (χ4v) is 2.04. The van der Waals surface area contributed by atoms with Gasteiger partial charge >= 0.3 is 0 Å². The molecule has 1 fully saturated rings. The Kier molecular flexibility index (Phi) is 4.76. The lowest BCUT2D eigenvalue weighted by molar-refractivity contribution is -0.117. The van der Waals surface area contributed by atoms with E-state index >= 15 is 0 Å². The first-order valence-corrected chi connectivity index (χ1v) is 6.65. The fourth-order valence-electron chi connectivity index (χ4n) is 2.04. The number of β-amino-alcohol motifs (C(OH)–C–C–N with tert-alkyl or cyclic N) is 1. The van der Waals surface area contributed by atoms with Crippen molar-refractivity contribution in [2.45, 2.75) is 31.9 Å². The second-order valence-corrected chi connectivity index (χ2v) is 4.68. The van der Waals surface area contributed by atoms with E-state index in [1.54, 1.807) is 0 Å². The smallest absolute Gasteiger partial charge is 0.241 e. The summed E-state index contributed by atoms with van der Waals surface area (Å²) in [6.07, 6.45) is 0.921. The average Bonchev–Trinajstić information content (AvgIpc) is 2.84. The Balaban J connectivity index is 2.00. The Bertz CT molecular complexity index is 436. The average molecular weight is 264 g/mol. The zero-order valence-electron chi connectivity index (χ0n) is 11.1. The number of amides is 1. The maximum atomic E-state index is 12.0. The van der Waals surface area contributed by atoms with Crippen molar-refractivity contribution in [1.82, 2.24) is 5.32 Å². The number of hydrogen-bond donors (Lipinski definition) is 3. The van der Waals surface area contributed by atoms with Gasteiger partial charge in [-0.1, -0.05) is 19.1 Å². The molecule has 1 aliphatic heterocycles. The van der Waals surface area contributed by atoms with Gasteiger partial charge in [0.1, 0.15) is 5.75 Å². The van der Waals surface area contributed by atoms with Crippen molar-refractivity contribution in [2.75, 3.05) is 18.5 Å². The van der Waals surface area contributed by atoms with Crippen LogP contribution in [-0.2, 0) is 4.79 Å². The molecule has 1 aromatic carbocycles. The van der Waals surface area contributed by atoms with Crippen molar-refractivity contribution >= 4 is 11.6 Å². The molecule has 5 nitrogen and oxygen atoms in total. The van der Waals surface area contributed by atoms with Crippen molar-refractivity contribution in [2.24, 2.45) is 0 Å². The first-order chi connectivity index (χ1) is 9.20. The molecule has 19 heavy (non-hydrogen) atoms. The molecule has 0 aliphatic carbocycles. The minimum absolute atomic E-state index is 0.135. The third-order valence-electron chi connectivity index (χ3n) is 3.03. The molecule has 0 radical (unpaired) electrons. The number of para-hydroxylation sites is 2. The summed E-state index contributed by atoms with van der Waals surface area (Å²) in [6, 6.07) is 7.04. The Morgan fingerprint density at radius 2 is 2.32 bits per heavy atom. The predicted molar refractivity (Wildman–Crippen MR) is 73.3 cm³/mol. The third kappa shape index (κ3) is 3.68. The van der Waals surface area contributed by atoms with Gasteiger partial charge in [-0.2, -0.15) is 0 Å². The second-order valence-electron chi connectivity index (χ2n) is 4.68. The molecular weight excluding hydrogens is 244 g/mol. The van der Waals surface area contributed by atoms with E-state index in [1.807, 2.05) is 31.2 Å². The van der Waals surface area contributed by atoms with Gasteiger partial charge in [0.15, 0.2) is 0 Å². The summed E-state index contributed by atoms with van der Waals surface area (Å²) in [7, 11) is 0. The molecule has 0 bridgehead atoms. The quantitative estimate of drug-likeness (QED) is 0.746. The van der Waals surface area contributed by atoms with Crippen LogP contribution in [0.1, 0.15) is 19.8 Å². The number of aliphatic hydroxyl groups is 1. The van der Waals surface area contributed by atoms with Gasteiger partial charge in [0.25, 0.3) is 0 Å². The Morgan fingerprint density at radius 3 is 3.00 bits per heavy atom. The first kappa shape index (κ1) is 13.8. The van der Waals surface area contributed by atoms with Crippen LogP contribution >= 0.6 is 0 Å². The van der Waals surface area contributed by atoms with Crippen LogP contribution in [0.3, 0.4) is 0 Å². The van der Waals surface area contributed by atoms with E-state index in [2.05, 4.69) is 10.6 Å². The molecule has 2 atom stereocenters. The van der Waals surface area contributed by atoms with E-state index < -0.39 is 6.10 Å². The van der Waals surface area contributed by atoms with Crippen LogP contribution in [0, 0.1) is 0 Å². The van der Waals surface area contributed by atoms with Crippen LogP contribution in [0.25, 0.3) is 0 Å². The monoisotopic (exact) mass is 264 g/mol. The number of rotatable bonds is 5. The Labute approximate surface area is 113 Å². The van der Waals surface area contributed by atoms with E-state index in [9.17, 15) is 9.90 Å². The van der Waals surface area contributed by atoms with E-state index in [-0.39, 0.29) is 11.9 Å². The summed E-state index contributed by atoms with van der Waals surface area (Å²) in [5.41, 5.74) is 0.670. The van der Waals surface area contributed by atoms with E-state index in [4.69, 9.17) is 4.74 Å². The van der Waals surface area contributed by atoms with E-state index in [0.29, 0.717) is 31.0 Å². The third-order valence-corrected chi connectivity index (χ3v) is 3.03. The molecule has 5 heteroatoms. The molecule has 2 unspecified atom stereocenters. The normalized spacial score (nSPS) is 22.2. The minimum atomic E-state index is -0.442. The van der Waals surface area contributed by atoms with Crippen LogP contribution < -0.4 is 15.4 Å². The number of carbonyl (C=O) groups excluding carboxylic acids is 1. The second kappa shape index (κ2) is 6.54. The molecule has 1 amide bonds. The van der Waals surface area contributed by atoms with E-state index in [0.717, 1.165) is 6.42 Å². The fraction of sp³-hybridized carbons (Fsp3) is 0.500. The molecule has 0 saturated carbocycles. The van der Waals surface area contributed by atoms with Crippen molar-refractivity contribution in [1.29, 1.82) is 0 Å². The van der Waals surface area contributed by atoms with Crippen LogP contribution in [0.2, 0.25) is 0 Å². The lowest BCUT2D eigenvalue weighted by atomic mass is 10.2. The summed E-state index contributed by atoms with van der Waals surface area (Å²) in [4.78, 5) is 12.0. The molecule has 2 rings (SSSR count). The zero-order chi connectivity index (χ0) is 13.7. The van der Waals surface area contributed by atoms with Gasteiger partial charge in [-0.05, 0) is 25.0 Å². The lowest BCUT2D eigenvalue weighted by Gasteiger charge is -2.14. The van der Waals surface area contributed by atoms with Gasteiger partial charge in [-0.25, -0.2) is 0 Å². The van der Waals surface area contributed by atoms with Crippen molar-refractivity contribution in [3.05, 3.63) is 24.3 Å². The number of benzene rings is 1. The highest BCUT2D eigenvalue weighted by atomic mass is 16.5. The van der Waals surface area contributed by atoms with E-state index in [1.165, 1.54) is 0 Å². The summed E-state index contributed by atoms with van der Waals surface area (Å²) >= 11 is 0. The summed E-state index contributed by atoms with van der Waals surface area (Å²) in [5, 5.41) is 15.2. The van der Waals surface area contributed by atoms with Crippen molar-refractivity contribution in [3.8, 4) is 5.75 Å². The molecule has 0 spiro atoms. The zero-order valence-corrected chi connectivity index (χ0v) is 11.1. The number of ether oxygens (including phenoxy) is 1. The predicted octanol–water partition coefficient (Wildman–Crippen LogP) is 1.14. The number of hydrogen-bond acceptors (Lipinski definition) is 4. The molecule has 1 heterocycles. The van der Waals surface area contributed by atoms with Crippen molar-refractivity contribution < 1.29 is 14.6 Å². The summed E-state index contributed by atoms with van der Waals surface area (Å²) < 4.78 is 5.59. The van der Waals surface area contributed by atoms with Crippen LogP contribution in [0.4, 0.5) is 5.69 Å². The molecule has 1 aromatic rings. The topological polar surface area (TPSA) is 70.6 Å². The number of anilines is 1. The molecule has 104 valence electrons. The molecule has 0 aromatic heterocycles. The maximum Gasteiger partial charge on any atom is 0.241 e. The minimum Gasteiger partial charge on any atom is -0.491 e. The molecule has 1 saturated heterocycles.